The van der Waals surface area contributed by atoms with Gasteiger partial charge in [0.25, 0.3) is 0 Å². The highest BCUT2D eigenvalue weighted by molar-refractivity contribution is 5.71. The molecule has 126 valence electrons. The Hall–Kier alpha value is -1.59. The van der Waals surface area contributed by atoms with Gasteiger partial charge in [0.15, 0.2) is 0 Å². The van der Waals surface area contributed by atoms with Gasteiger partial charge in [0.1, 0.15) is 0 Å². The molecule has 1 unspecified atom stereocenters. The molecule has 2 aliphatic heterocycles. The van der Waals surface area contributed by atoms with Gasteiger partial charge >= 0.3 is 5.97 Å². The molecule has 2 fully saturated rings. The topological polar surface area (TPSA) is 44.8 Å². The maximum atomic E-state index is 11.3. The van der Waals surface area contributed by atoms with Crippen LogP contribution in [0.1, 0.15) is 19.3 Å². The van der Waals surface area contributed by atoms with Gasteiger partial charge in [-0.15, -0.1) is 0 Å². The summed E-state index contributed by atoms with van der Waals surface area (Å²) < 4.78 is 4.74. The van der Waals surface area contributed by atoms with Gasteiger partial charge in [-0.3, -0.25) is 9.69 Å². The number of nitrogens with one attached hydrogen (secondary N) is 1. The number of rotatable bonds is 5. The SMILES string of the molecule is COC(=O)CN1CCC(NC2CCN(c3ccccc3)C2)CC1. The van der Waals surface area contributed by atoms with Crippen LogP contribution in [-0.2, 0) is 9.53 Å². The van der Waals surface area contributed by atoms with E-state index in [0.717, 1.165) is 39.0 Å². The molecule has 23 heavy (non-hydrogen) atoms. The van der Waals surface area contributed by atoms with Gasteiger partial charge < -0.3 is 15.0 Å². The molecule has 0 aliphatic carbocycles. The molecular weight excluding hydrogens is 290 g/mol. The average Bonchev–Trinajstić information content (AvgIpc) is 3.06. The standard InChI is InChI=1S/C18H27N3O2/c1-23-18(22)14-20-10-7-15(8-11-20)19-16-9-12-21(13-16)17-5-3-2-4-6-17/h2-6,15-16,19H,7-14H2,1H3. The smallest absolute Gasteiger partial charge is 0.319 e. The van der Waals surface area contributed by atoms with Crippen molar-refractivity contribution >= 4 is 11.7 Å². The Balaban J connectivity index is 1.41. The first-order chi connectivity index (χ1) is 11.2. The number of esters is 1. The van der Waals surface area contributed by atoms with Gasteiger partial charge in [0, 0.05) is 44.0 Å². The molecule has 5 heteroatoms. The fourth-order valence-corrected chi connectivity index (χ4v) is 3.61. The number of para-hydroxylation sites is 1. The van der Waals surface area contributed by atoms with E-state index in [9.17, 15) is 4.79 Å². The van der Waals surface area contributed by atoms with Crippen molar-refractivity contribution in [3.8, 4) is 0 Å². The van der Waals surface area contributed by atoms with Gasteiger partial charge in [0.05, 0.1) is 13.7 Å². The van der Waals surface area contributed by atoms with Crippen LogP contribution in [0.15, 0.2) is 30.3 Å². The van der Waals surface area contributed by atoms with E-state index < -0.39 is 0 Å². The third-order valence-corrected chi connectivity index (χ3v) is 4.95. The maximum Gasteiger partial charge on any atom is 0.319 e. The summed E-state index contributed by atoms with van der Waals surface area (Å²) >= 11 is 0. The summed E-state index contributed by atoms with van der Waals surface area (Å²) in [5, 5.41) is 3.82. The molecule has 1 N–H and O–H groups in total. The van der Waals surface area contributed by atoms with Crippen molar-refractivity contribution < 1.29 is 9.53 Å². The summed E-state index contributed by atoms with van der Waals surface area (Å²) in [7, 11) is 1.45. The molecule has 3 rings (SSSR count). The number of hydrogen-bond acceptors (Lipinski definition) is 5. The highest BCUT2D eigenvalue weighted by atomic mass is 16.5. The van der Waals surface area contributed by atoms with Crippen LogP contribution in [0.4, 0.5) is 5.69 Å². The van der Waals surface area contributed by atoms with E-state index in [1.54, 1.807) is 0 Å². The Kier molecular flexibility index (Phi) is 5.51. The van der Waals surface area contributed by atoms with Gasteiger partial charge in [-0.2, -0.15) is 0 Å². The molecule has 0 amide bonds. The monoisotopic (exact) mass is 317 g/mol. The van der Waals surface area contributed by atoms with E-state index in [-0.39, 0.29) is 5.97 Å². The van der Waals surface area contributed by atoms with Crippen molar-refractivity contribution in [1.29, 1.82) is 0 Å². The minimum absolute atomic E-state index is 0.134. The second-order valence-electron chi connectivity index (χ2n) is 6.56. The number of carbonyl (C=O) groups excluding carboxylic acids is 1. The average molecular weight is 317 g/mol. The fraction of sp³-hybridized carbons (Fsp3) is 0.611. The number of benzene rings is 1. The number of carbonyl (C=O) groups is 1. The zero-order valence-electron chi connectivity index (χ0n) is 13.9. The van der Waals surface area contributed by atoms with Gasteiger partial charge in [-0.1, -0.05) is 18.2 Å². The van der Waals surface area contributed by atoms with Crippen molar-refractivity contribution in [1.82, 2.24) is 10.2 Å². The first kappa shape index (κ1) is 16.3. The lowest BCUT2D eigenvalue weighted by Gasteiger charge is -2.33. The van der Waals surface area contributed by atoms with Crippen molar-refractivity contribution in [3.05, 3.63) is 30.3 Å². The zero-order valence-corrected chi connectivity index (χ0v) is 13.9. The predicted octanol–water partition coefficient (Wildman–Crippen LogP) is 1.49. The quantitative estimate of drug-likeness (QED) is 0.834. The molecule has 0 bridgehead atoms. The Labute approximate surface area is 138 Å². The lowest BCUT2D eigenvalue weighted by molar-refractivity contribution is -0.142. The van der Waals surface area contributed by atoms with Crippen LogP contribution in [0.25, 0.3) is 0 Å². The summed E-state index contributed by atoms with van der Waals surface area (Å²) in [5.74, 6) is -0.134. The van der Waals surface area contributed by atoms with Crippen LogP contribution >= 0.6 is 0 Å². The largest absolute Gasteiger partial charge is 0.468 e. The third kappa shape index (κ3) is 4.45. The second-order valence-corrected chi connectivity index (χ2v) is 6.56. The molecule has 2 saturated heterocycles. The van der Waals surface area contributed by atoms with Gasteiger partial charge in [-0.25, -0.2) is 0 Å². The highest BCUT2D eigenvalue weighted by Gasteiger charge is 2.27. The number of piperidine rings is 1. The molecule has 1 atom stereocenters. The van der Waals surface area contributed by atoms with Crippen molar-refractivity contribution in [2.45, 2.75) is 31.3 Å². The van der Waals surface area contributed by atoms with E-state index in [2.05, 4.69) is 45.4 Å². The third-order valence-electron chi connectivity index (χ3n) is 4.95. The van der Waals surface area contributed by atoms with Crippen LogP contribution in [0.2, 0.25) is 0 Å². The van der Waals surface area contributed by atoms with Gasteiger partial charge in [-0.05, 0) is 31.4 Å². The fourth-order valence-electron chi connectivity index (χ4n) is 3.61. The van der Waals surface area contributed by atoms with E-state index in [0.29, 0.717) is 18.6 Å². The Morgan fingerprint density at radius 2 is 1.83 bits per heavy atom. The molecular formula is C18H27N3O2. The highest BCUT2D eigenvalue weighted by Crippen LogP contribution is 2.21. The summed E-state index contributed by atoms with van der Waals surface area (Å²) in [4.78, 5) is 16.0. The van der Waals surface area contributed by atoms with E-state index in [1.807, 2.05) is 0 Å². The predicted molar refractivity (Wildman–Crippen MR) is 91.7 cm³/mol. The molecule has 0 spiro atoms. The van der Waals surface area contributed by atoms with Crippen molar-refractivity contribution in [2.75, 3.05) is 44.7 Å². The first-order valence-corrected chi connectivity index (χ1v) is 8.60. The minimum Gasteiger partial charge on any atom is -0.468 e. The Morgan fingerprint density at radius 3 is 2.52 bits per heavy atom. The molecule has 2 aliphatic rings. The number of methoxy groups -OCH3 is 1. The van der Waals surface area contributed by atoms with E-state index in [1.165, 1.54) is 19.2 Å². The van der Waals surface area contributed by atoms with E-state index in [4.69, 9.17) is 4.74 Å². The van der Waals surface area contributed by atoms with Gasteiger partial charge in [0.2, 0.25) is 0 Å². The normalized spacial score (nSPS) is 23.2. The minimum atomic E-state index is -0.134. The van der Waals surface area contributed by atoms with Crippen LogP contribution in [0.5, 0.6) is 0 Å². The Bertz CT molecular complexity index is 500. The van der Waals surface area contributed by atoms with Crippen LogP contribution < -0.4 is 10.2 Å². The van der Waals surface area contributed by atoms with Crippen molar-refractivity contribution in [3.63, 3.8) is 0 Å². The number of ether oxygens (including phenoxy) is 1. The number of nitrogens with zero attached hydrogens (tertiary/aromatic N) is 2. The maximum absolute atomic E-state index is 11.3. The summed E-state index contributed by atoms with van der Waals surface area (Å²) in [6.07, 6.45) is 3.43. The van der Waals surface area contributed by atoms with Crippen LogP contribution in [-0.4, -0.2) is 62.8 Å². The number of anilines is 1. The first-order valence-electron chi connectivity index (χ1n) is 8.60. The lowest BCUT2D eigenvalue weighted by Crippen LogP contribution is -2.48. The zero-order chi connectivity index (χ0) is 16.1. The number of likely N-dealkylation sites (tertiary alicyclic amines) is 1. The van der Waals surface area contributed by atoms with E-state index >= 15 is 0 Å². The van der Waals surface area contributed by atoms with Crippen LogP contribution in [0, 0.1) is 0 Å². The van der Waals surface area contributed by atoms with Crippen LogP contribution in [0.3, 0.4) is 0 Å². The molecule has 0 radical (unpaired) electrons. The summed E-state index contributed by atoms with van der Waals surface area (Å²) in [5.41, 5.74) is 1.32. The Morgan fingerprint density at radius 1 is 1.13 bits per heavy atom. The summed E-state index contributed by atoms with van der Waals surface area (Å²) in [6, 6.07) is 11.8. The lowest BCUT2D eigenvalue weighted by atomic mass is 10.0. The molecule has 2 heterocycles. The summed E-state index contributed by atoms with van der Waals surface area (Å²) in [6.45, 7) is 4.59. The molecule has 5 nitrogen and oxygen atoms in total. The molecule has 1 aromatic carbocycles. The second kappa shape index (κ2) is 7.79. The van der Waals surface area contributed by atoms with Crippen molar-refractivity contribution in [2.24, 2.45) is 0 Å². The molecule has 0 saturated carbocycles. The molecule has 1 aromatic rings. The number of hydrogen-bond donors (Lipinski definition) is 1. The molecule has 0 aromatic heterocycles.